The van der Waals surface area contributed by atoms with Crippen molar-refractivity contribution < 1.29 is 4.79 Å². The molecule has 3 heteroatoms. The molecule has 0 N–H and O–H groups in total. The quantitative estimate of drug-likeness (QED) is 0.719. The number of halogens is 2. The van der Waals surface area contributed by atoms with Crippen LogP contribution in [0.4, 0.5) is 0 Å². The molecule has 0 saturated heterocycles. The summed E-state index contributed by atoms with van der Waals surface area (Å²) in [6.07, 6.45) is 2.15. The molecule has 0 saturated carbocycles. The first kappa shape index (κ1) is 9.41. The third-order valence-corrected chi connectivity index (χ3v) is 4.43. The summed E-state index contributed by atoms with van der Waals surface area (Å²) >= 11 is 6.99. The van der Waals surface area contributed by atoms with E-state index < -0.39 is 0 Å². The minimum Gasteiger partial charge on any atom is -0.299 e. The van der Waals surface area contributed by atoms with E-state index in [1.54, 1.807) is 0 Å². The average molecular weight is 304 g/mol. The van der Waals surface area contributed by atoms with Gasteiger partial charge in [-0.05, 0) is 55.5 Å². The van der Waals surface area contributed by atoms with E-state index in [1.807, 2.05) is 12.1 Å². The van der Waals surface area contributed by atoms with E-state index in [9.17, 15) is 4.79 Å². The Kier molecular flexibility index (Phi) is 2.56. The lowest BCUT2D eigenvalue weighted by molar-refractivity contribution is -0.118. The van der Waals surface area contributed by atoms with Crippen molar-refractivity contribution in [2.75, 3.05) is 0 Å². The highest BCUT2D eigenvalue weighted by molar-refractivity contribution is 9.13. The van der Waals surface area contributed by atoms with Gasteiger partial charge in [-0.15, -0.1) is 0 Å². The van der Waals surface area contributed by atoms with E-state index in [1.165, 1.54) is 11.1 Å². The van der Waals surface area contributed by atoms with Gasteiger partial charge in [-0.3, -0.25) is 4.79 Å². The number of hydrogen-bond donors (Lipinski definition) is 0. The second-order valence-corrected chi connectivity index (χ2v) is 4.86. The highest BCUT2D eigenvalue weighted by atomic mass is 79.9. The van der Waals surface area contributed by atoms with Crippen molar-refractivity contribution in [3.05, 3.63) is 32.2 Å². The van der Waals surface area contributed by atoms with Gasteiger partial charge in [0.25, 0.3) is 0 Å². The molecule has 0 amide bonds. The lowest BCUT2D eigenvalue weighted by Crippen LogP contribution is -2.13. The zero-order chi connectivity index (χ0) is 9.42. The first-order valence-electron chi connectivity index (χ1n) is 4.16. The zero-order valence-electron chi connectivity index (χ0n) is 6.94. The molecule has 0 fully saturated rings. The Labute approximate surface area is 93.8 Å². The van der Waals surface area contributed by atoms with Crippen molar-refractivity contribution in [1.29, 1.82) is 0 Å². The molecule has 13 heavy (non-hydrogen) atoms. The van der Waals surface area contributed by atoms with Crippen molar-refractivity contribution in [2.45, 2.75) is 19.3 Å². The molecule has 0 aromatic heterocycles. The van der Waals surface area contributed by atoms with Crippen molar-refractivity contribution in [2.24, 2.45) is 0 Å². The standard InChI is InChI=1S/C10H8Br2O/c11-9-4-1-6-5-7(13)2-3-8(6)10(9)12/h1,4H,2-3,5H2. The Balaban J connectivity index is 2.53. The third-order valence-electron chi connectivity index (χ3n) is 2.33. The number of hydrogen-bond acceptors (Lipinski definition) is 1. The summed E-state index contributed by atoms with van der Waals surface area (Å²) in [7, 11) is 0. The zero-order valence-corrected chi connectivity index (χ0v) is 10.1. The Bertz CT molecular complexity index is 371. The van der Waals surface area contributed by atoms with Crippen LogP contribution in [0.15, 0.2) is 21.1 Å². The van der Waals surface area contributed by atoms with E-state index in [4.69, 9.17) is 0 Å². The van der Waals surface area contributed by atoms with Crippen LogP contribution in [0, 0.1) is 0 Å². The number of Topliss-reactive ketones (excluding diaryl/α,β-unsaturated/α-hetero) is 1. The van der Waals surface area contributed by atoms with Gasteiger partial charge in [0.05, 0.1) is 0 Å². The summed E-state index contributed by atoms with van der Waals surface area (Å²) in [5.74, 6) is 0.349. The van der Waals surface area contributed by atoms with Crippen molar-refractivity contribution in [1.82, 2.24) is 0 Å². The molecule has 0 atom stereocenters. The highest BCUT2D eigenvalue weighted by Crippen LogP contribution is 2.32. The van der Waals surface area contributed by atoms with Crippen LogP contribution in [-0.4, -0.2) is 5.78 Å². The molecule has 1 aliphatic carbocycles. The van der Waals surface area contributed by atoms with Crippen molar-refractivity contribution >= 4 is 37.6 Å². The molecule has 0 unspecified atom stereocenters. The Morgan fingerprint density at radius 2 is 1.92 bits per heavy atom. The smallest absolute Gasteiger partial charge is 0.137 e. The maximum atomic E-state index is 11.2. The first-order valence-corrected chi connectivity index (χ1v) is 5.74. The second-order valence-electron chi connectivity index (χ2n) is 3.21. The van der Waals surface area contributed by atoms with Gasteiger partial charge >= 0.3 is 0 Å². The Morgan fingerprint density at radius 1 is 1.15 bits per heavy atom. The van der Waals surface area contributed by atoms with Crippen LogP contribution in [0.3, 0.4) is 0 Å². The topological polar surface area (TPSA) is 17.1 Å². The van der Waals surface area contributed by atoms with Crippen LogP contribution >= 0.6 is 31.9 Å². The minimum absolute atomic E-state index is 0.349. The van der Waals surface area contributed by atoms with Gasteiger partial charge in [-0.1, -0.05) is 6.07 Å². The lowest BCUT2D eigenvalue weighted by Gasteiger charge is -2.16. The third kappa shape index (κ3) is 1.72. The molecule has 1 aromatic carbocycles. The van der Waals surface area contributed by atoms with Gasteiger partial charge < -0.3 is 0 Å². The number of rotatable bonds is 0. The molecule has 1 aromatic rings. The highest BCUT2D eigenvalue weighted by Gasteiger charge is 2.18. The number of ketones is 1. The monoisotopic (exact) mass is 302 g/mol. The van der Waals surface area contributed by atoms with Crippen molar-refractivity contribution in [3.63, 3.8) is 0 Å². The fourth-order valence-corrected chi connectivity index (χ4v) is 2.59. The maximum Gasteiger partial charge on any atom is 0.137 e. The normalized spacial score (nSPS) is 15.7. The van der Waals surface area contributed by atoms with E-state index in [-0.39, 0.29) is 0 Å². The predicted octanol–water partition coefficient (Wildman–Crippen LogP) is 3.27. The fourth-order valence-electron chi connectivity index (χ4n) is 1.63. The SMILES string of the molecule is O=C1CCc2c(ccc(Br)c2Br)C1. The molecule has 68 valence electrons. The number of benzene rings is 1. The molecule has 0 radical (unpaired) electrons. The number of carbonyl (C=O) groups excluding carboxylic acids is 1. The van der Waals surface area contributed by atoms with Gasteiger partial charge in [0.2, 0.25) is 0 Å². The van der Waals surface area contributed by atoms with Crippen molar-refractivity contribution in [3.8, 4) is 0 Å². The number of fused-ring (bicyclic) bond motifs is 1. The second kappa shape index (κ2) is 3.54. The average Bonchev–Trinajstić information content (AvgIpc) is 2.12. The summed E-state index contributed by atoms with van der Waals surface area (Å²) in [6.45, 7) is 0. The predicted molar refractivity (Wildman–Crippen MR) is 58.9 cm³/mol. The van der Waals surface area contributed by atoms with Gasteiger partial charge in [0, 0.05) is 21.8 Å². The molecule has 0 heterocycles. The van der Waals surface area contributed by atoms with Gasteiger partial charge in [-0.2, -0.15) is 0 Å². The summed E-state index contributed by atoms with van der Waals surface area (Å²) in [6, 6.07) is 4.02. The Morgan fingerprint density at radius 3 is 2.69 bits per heavy atom. The van der Waals surface area contributed by atoms with Crippen LogP contribution in [0.25, 0.3) is 0 Å². The summed E-state index contributed by atoms with van der Waals surface area (Å²) < 4.78 is 2.18. The molecule has 0 spiro atoms. The van der Waals surface area contributed by atoms with E-state index in [2.05, 4.69) is 31.9 Å². The largest absolute Gasteiger partial charge is 0.299 e. The molecule has 1 aliphatic rings. The van der Waals surface area contributed by atoms with Gasteiger partial charge in [-0.25, -0.2) is 0 Å². The summed E-state index contributed by atoms with van der Waals surface area (Å²) in [5, 5.41) is 0. The van der Waals surface area contributed by atoms with Gasteiger partial charge in [0.1, 0.15) is 5.78 Å². The number of carbonyl (C=O) groups is 1. The van der Waals surface area contributed by atoms with E-state index in [0.717, 1.165) is 15.4 Å². The van der Waals surface area contributed by atoms with E-state index in [0.29, 0.717) is 18.6 Å². The van der Waals surface area contributed by atoms with Crippen LogP contribution in [0.1, 0.15) is 17.5 Å². The molecule has 0 bridgehead atoms. The Hall–Kier alpha value is -0.150. The van der Waals surface area contributed by atoms with Crippen LogP contribution < -0.4 is 0 Å². The fraction of sp³-hybridized carbons (Fsp3) is 0.300. The van der Waals surface area contributed by atoms with Crippen LogP contribution in [-0.2, 0) is 17.6 Å². The maximum absolute atomic E-state index is 11.2. The van der Waals surface area contributed by atoms with Gasteiger partial charge in [0.15, 0.2) is 0 Å². The summed E-state index contributed by atoms with van der Waals surface area (Å²) in [4.78, 5) is 11.2. The van der Waals surface area contributed by atoms with Crippen LogP contribution in [0.2, 0.25) is 0 Å². The first-order chi connectivity index (χ1) is 6.18. The lowest BCUT2D eigenvalue weighted by atomic mass is 9.91. The summed E-state index contributed by atoms with van der Waals surface area (Å²) in [5.41, 5.74) is 2.46. The van der Waals surface area contributed by atoms with Crippen LogP contribution in [0.5, 0.6) is 0 Å². The molecular weight excluding hydrogens is 296 g/mol. The van der Waals surface area contributed by atoms with E-state index >= 15 is 0 Å². The molecule has 1 nitrogen and oxygen atoms in total. The molecular formula is C10H8Br2O. The minimum atomic E-state index is 0.349. The molecule has 0 aliphatic heterocycles. The molecule has 2 rings (SSSR count).